The number of benzene rings is 2. The van der Waals surface area contributed by atoms with Crippen LogP contribution >= 0.6 is 0 Å². The fourth-order valence-electron chi connectivity index (χ4n) is 4.57. The SMILES string of the molecule is CC[C@@H](C)[C@@H](C(=O)NC)N(Cc1ccc(-c2ccccc2S(=O)(=O)Nc2onc(C)c2C)cc1)C(=O)C1CC1. The van der Waals surface area contributed by atoms with Crippen LogP contribution in [0, 0.1) is 25.7 Å². The Balaban J connectivity index is 1.62. The third-order valence-electron chi connectivity index (χ3n) is 7.42. The van der Waals surface area contributed by atoms with Crippen LogP contribution < -0.4 is 10.0 Å². The summed E-state index contributed by atoms with van der Waals surface area (Å²) < 4.78 is 34.3. The van der Waals surface area contributed by atoms with E-state index in [0.29, 0.717) is 28.9 Å². The van der Waals surface area contributed by atoms with Crippen LogP contribution in [0.3, 0.4) is 0 Å². The molecule has 2 aromatic carbocycles. The molecule has 0 saturated heterocycles. The van der Waals surface area contributed by atoms with Gasteiger partial charge in [-0.05, 0) is 49.8 Å². The molecule has 1 aliphatic rings. The number of likely N-dealkylation sites (N-methyl/N-ethyl adjacent to an activating group) is 1. The first-order chi connectivity index (χ1) is 18.6. The van der Waals surface area contributed by atoms with E-state index in [4.69, 9.17) is 4.52 Å². The first-order valence-corrected chi connectivity index (χ1v) is 14.7. The van der Waals surface area contributed by atoms with Crippen LogP contribution in [0.25, 0.3) is 11.1 Å². The minimum atomic E-state index is -3.96. The zero-order chi connectivity index (χ0) is 28.3. The van der Waals surface area contributed by atoms with E-state index in [2.05, 4.69) is 15.2 Å². The van der Waals surface area contributed by atoms with Crippen molar-refractivity contribution >= 4 is 27.7 Å². The highest BCUT2D eigenvalue weighted by Gasteiger charge is 2.40. The van der Waals surface area contributed by atoms with Crippen molar-refractivity contribution < 1.29 is 22.5 Å². The van der Waals surface area contributed by atoms with E-state index in [-0.39, 0.29) is 34.4 Å². The van der Waals surface area contributed by atoms with Crippen molar-refractivity contribution in [3.8, 4) is 11.1 Å². The molecule has 0 unspecified atom stereocenters. The van der Waals surface area contributed by atoms with Gasteiger partial charge in [-0.25, -0.2) is 13.1 Å². The summed E-state index contributed by atoms with van der Waals surface area (Å²) in [5, 5.41) is 6.55. The van der Waals surface area contributed by atoms with E-state index in [9.17, 15) is 18.0 Å². The Morgan fingerprint density at radius 2 is 1.77 bits per heavy atom. The number of carbonyl (C=O) groups excluding carboxylic acids is 2. The van der Waals surface area contributed by atoms with Gasteiger partial charge in [-0.15, -0.1) is 0 Å². The normalized spacial score (nSPS) is 14.9. The second-order valence-corrected chi connectivity index (χ2v) is 11.9. The number of nitrogens with zero attached hydrogens (tertiary/aromatic N) is 2. The van der Waals surface area contributed by atoms with Gasteiger partial charge in [0.15, 0.2) is 0 Å². The number of hydrogen-bond acceptors (Lipinski definition) is 6. The second-order valence-electron chi connectivity index (χ2n) is 10.2. The largest absolute Gasteiger partial charge is 0.357 e. The van der Waals surface area contributed by atoms with Crippen LogP contribution in [0.5, 0.6) is 0 Å². The van der Waals surface area contributed by atoms with E-state index in [1.54, 1.807) is 50.1 Å². The molecule has 2 atom stereocenters. The van der Waals surface area contributed by atoms with Gasteiger partial charge in [0.05, 0.1) is 10.6 Å². The standard InChI is InChI=1S/C29H36N4O5S/c1-6-18(2)26(27(34)30-5)33(29(35)23-15-16-23)17-21-11-13-22(14-12-21)24-9-7-8-10-25(24)39(36,37)32-28-19(3)20(4)31-38-28/h7-14,18,23,26,32H,6,15-17H2,1-5H3,(H,30,34)/t18-,26+/m1/s1. The molecule has 0 bridgehead atoms. The number of rotatable bonds is 11. The summed E-state index contributed by atoms with van der Waals surface area (Å²) in [4.78, 5) is 27.9. The quantitative estimate of drug-likeness (QED) is 0.357. The van der Waals surface area contributed by atoms with Gasteiger partial charge in [0.1, 0.15) is 6.04 Å². The molecule has 208 valence electrons. The van der Waals surface area contributed by atoms with Crippen molar-refractivity contribution in [3.63, 3.8) is 0 Å². The highest BCUT2D eigenvalue weighted by Crippen LogP contribution is 2.34. The van der Waals surface area contributed by atoms with Crippen LogP contribution in [-0.2, 0) is 26.2 Å². The Hall–Kier alpha value is -3.66. The molecule has 0 spiro atoms. The van der Waals surface area contributed by atoms with E-state index < -0.39 is 16.1 Å². The maximum Gasteiger partial charge on any atom is 0.264 e. The Kier molecular flexibility index (Phi) is 8.44. The van der Waals surface area contributed by atoms with Crippen molar-refractivity contribution in [1.29, 1.82) is 0 Å². The molecular weight excluding hydrogens is 516 g/mol. The zero-order valence-electron chi connectivity index (χ0n) is 23.0. The molecule has 0 radical (unpaired) electrons. The maximum absolute atomic E-state index is 13.3. The summed E-state index contributed by atoms with van der Waals surface area (Å²) in [6, 6.07) is 13.6. The highest BCUT2D eigenvalue weighted by atomic mass is 32.2. The Morgan fingerprint density at radius 1 is 1.10 bits per heavy atom. The second kappa shape index (κ2) is 11.6. The number of anilines is 1. The van der Waals surface area contributed by atoms with Crippen molar-refractivity contribution in [2.45, 2.75) is 64.4 Å². The monoisotopic (exact) mass is 552 g/mol. The van der Waals surface area contributed by atoms with Crippen molar-refractivity contribution in [2.75, 3.05) is 11.8 Å². The van der Waals surface area contributed by atoms with Crippen LogP contribution in [0.2, 0.25) is 0 Å². The molecule has 1 saturated carbocycles. The Morgan fingerprint density at radius 3 is 2.33 bits per heavy atom. The van der Waals surface area contributed by atoms with Gasteiger partial charge < -0.3 is 14.7 Å². The first-order valence-electron chi connectivity index (χ1n) is 13.2. The molecule has 1 aliphatic carbocycles. The maximum atomic E-state index is 13.3. The molecule has 39 heavy (non-hydrogen) atoms. The predicted molar refractivity (Wildman–Crippen MR) is 149 cm³/mol. The number of nitrogens with one attached hydrogen (secondary N) is 2. The fourth-order valence-corrected chi connectivity index (χ4v) is 5.85. The summed E-state index contributed by atoms with van der Waals surface area (Å²) in [7, 11) is -2.37. The van der Waals surface area contributed by atoms with E-state index in [1.165, 1.54) is 0 Å². The molecule has 1 heterocycles. The van der Waals surface area contributed by atoms with Crippen molar-refractivity contribution in [3.05, 3.63) is 65.4 Å². The third-order valence-corrected chi connectivity index (χ3v) is 8.81. The minimum absolute atomic E-state index is 0.00621. The molecule has 1 fully saturated rings. The number of aromatic nitrogens is 1. The minimum Gasteiger partial charge on any atom is -0.357 e. The number of amides is 2. The number of aryl methyl sites for hydroxylation is 1. The van der Waals surface area contributed by atoms with Gasteiger partial charge in [0, 0.05) is 30.6 Å². The van der Waals surface area contributed by atoms with Crippen LogP contribution in [-0.4, -0.2) is 43.4 Å². The molecule has 4 rings (SSSR count). The summed E-state index contributed by atoms with van der Waals surface area (Å²) in [5.74, 6) is -0.104. The van der Waals surface area contributed by atoms with Gasteiger partial charge in [-0.2, -0.15) is 0 Å². The van der Waals surface area contributed by atoms with E-state index >= 15 is 0 Å². The van der Waals surface area contributed by atoms with Crippen molar-refractivity contribution in [1.82, 2.24) is 15.4 Å². The zero-order valence-corrected chi connectivity index (χ0v) is 23.8. The molecule has 9 nitrogen and oxygen atoms in total. The molecule has 2 amide bonds. The lowest BCUT2D eigenvalue weighted by Crippen LogP contribution is -2.52. The van der Waals surface area contributed by atoms with Crippen LogP contribution in [0.15, 0.2) is 57.9 Å². The fraction of sp³-hybridized carbons (Fsp3) is 0.414. The predicted octanol–water partition coefficient (Wildman–Crippen LogP) is 4.66. The highest BCUT2D eigenvalue weighted by molar-refractivity contribution is 7.92. The van der Waals surface area contributed by atoms with Gasteiger partial charge in [0.25, 0.3) is 10.0 Å². The van der Waals surface area contributed by atoms with Gasteiger partial charge in [-0.1, -0.05) is 67.9 Å². The number of hydrogen-bond donors (Lipinski definition) is 2. The lowest BCUT2D eigenvalue weighted by Gasteiger charge is -2.34. The molecule has 0 aliphatic heterocycles. The smallest absolute Gasteiger partial charge is 0.264 e. The summed E-state index contributed by atoms with van der Waals surface area (Å²) in [5.41, 5.74) is 3.32. The van der Waals surface area contributed by atoms with Crippen LogP contribution in [0.1, 0.15) is 49.9 Å². The van der Waals surface area contributed by atoms with E-state index in [1.807, 2.05) is 38.1 Å². The summed E-state index contributed by atoms with van der Waals surface area (Å²) in [6.07, 6.45) is 2.46. The topological polar surface area (TPSA) is 122 Å². The lowest BCUT2D eigenvalue weighted by atomic mass is 9.95. The van der Waals surface area contributed by atoms with Crippen LogP contribution in [0.4, 0.5) is 5.88 Å². The van der Waals surface area contributed by atoms with E-state index in [0.717, 1.165) is 24.8 Å². The Labute approximate surface area is 230 Å². The Bertz CT molecular complexity index is 1440. The summed E-state index contributed by atoms with van der Waals surface area (Å²) >= 11 is 0. The molecular formula is C29H36N4O5S. The number of sulfonamides is 1. The molecule has 1 aromatic heterocycles. The summed E-state index contributed by atoms with van der Waals surface area (Å²) in [6.45, 7) is 7.78. The van der Waals surface area contributed by atoms with Gasteiger partial charge in [-0.3, -0.25) is 9.59 Å². The molecule has 3 aromatic rings. The average Bonchev–Trinajstić information content (AvgIpc) is 3.75. The number of carbonyl (C=O) groups is 2. The van der Waals surface area contributed by atoms with Crippen molar-refractivity contribution in [2.24, 2.45) is 11.8 Å². The molecule has 10 heteroatoms. The van der Waals surface area contributed by atoms with Gasteiger partial charge in [0.2, 0.25) is 17.7 Å². The lowest BCUT2D eigenvalue weighted by molar-refractivity contribution is -0.144. The third kappa shape index (κ3) is 6.16. The van der Waals surface area contributed by atoms with Gasteiger partial charge >= 0.3 is 0 Å². The molecule has 2 N–H and O–H groups in total. The average molecular weight is 553 g/mol. The first kappa shape index (κ1) is 28.4.